The van der Waals surface area contributed by atoms with Crippen molar-refractivity contribution in [2.45, 2.75) is 52.5 Å². The molecular weight excluding hydrogens is 248 g/mol. The molecule has 1 saturated carbocycles. The van der Waals surface area contributed by atoms with Gasteiger partial charge >= 0.3 is 0 Å². The lowest BCUT2D eigenvalue weighted by Gasteiger charge is -2.35. The zero-order chi connectivity index (χ0) is 14.8. The van der Waals surface area contributed by atoms with E-state index in [0.717, 1.165) is 11.3 Å². The fourth-order valence-electron chi connectivity index (χ4n) is 2.83. The van der Waals surface area contributed by atoms with Gasteiger partial charge in [-0.15, -0.1) is 0 Å². The average Bonchev–Trinajstić information content (AvgIpc) is 2.42. The molecule has 0 spiro atoms. The first-order valence-corrected chi connectivity index (χ1v) is 7.50. The van der Waals surface area contributed by atoms with Gasteiger partial charge in [-0.2, -0.15) is 0 Å². The average molecular weight is 274 g/mol. The Morgan fingerprint density at radius 2 is 1.90 bits per heavy atom. The minimum atomic E-state index is -0.0298. The second kappa shape index (κ2) is 5.86. The van der Waals surface area contributed by atoms with Crippen LogP contribution in [-0.4, -0.2) is 19.0 Å². The van der Waals surface area contributed by atoms with Crippen molar-refractivity contribution in [1.29, 1.82) is 0 Å². The molecule has 110 valence electrons. The Hall–Kier alpha value is -1.51. The Morgan fingerprint density at radius 3 is 2.50 bits per heavy atom. The lowest BCUT2D eigenvalue weighted by atomic mass is 9.75. The summed E-state index contributed by atoms with van der Waals surface area (Å²) in [6.07, 6.45) is 4.94. The SMILES string of the molecule is CNC(=O)c1ccc(C)c(NC2CCC(C)(C)CC2)c1. The van der Waals surface area contributed by atoms with Gasteiger partial charge in [0.15, 0.2) is 0 Å². The maximum absolute atomic E-state index is 11.7. The predicted molar refractivity (Wildman–Crippen MR) is 84.2 cm³/mol. The number of anilines is 1. The summed E-state index contributed by atoms with van der Waals surface area (Å²) in [5, 5.41) is 6.30. The number of nitrogens with one attached hydrogen (secondary N) is 2. The van der Waals surface area contributed by atoms with Crippen LogP contribution in [0.15, 0.2) is 18.2 Å². The lowest BCUT2D eigenvalue weighted by molar-refractivity contribution is 0.0963. The van der Waals surface area contributed by atoms with Gasteiger partial charge in [-0.05, 0) is 55.7 Å². The molecule has 3 nitrogen and oxygen atoms in total. The van der Waals surface area contributed by atoms with Crippen LogP contribution in [0.1, 0.15) is 55.5 Å². The van der Waals surface area contributed by atoms with Crippen molar-refractivity contribution in [3.05, 3.63) is 29.3 Å². The van der Waals surface area contributed by atoms with Crippen molar-refractivity contribution in [3.8, 4) is 0 Å². The van der Waals surface area contributed by atoms with Gasteiger partial charge in [-0.3, -0.25) is 4.79 Å². The van der Waals surface area contributed by atoms with Crippen molar-refractivity contribution in [1.82, 2.24) is 5.32 Å². The number of aryl methyl sites for hydroxylation is 1. The first-order chi connectivity index (χ1) is 9.41. The molecule has 1 amide bonds. The van der Waals surface area contributed by atoms with E-state index < -0.39 is 0 Å². The van der Waals surface area contributed by atoms with Gasteiger partial charge < -0.3 is 10.6 Å². The van der Waals surface area contributed by atoms with Crippen molar-refractivity contribution < 1.29 is 4.79 Å². The topological polar surface area (TPSA) is 41.1 Å². The van der Waals surface area contributed by atoms with Crippen LogP contribution in [0.3, 0.4) is 0 Å². The summed E-state index contributed by atoms with van der Waals surface area (Å²) in [4.78, 5) is 11.7. The Labute approximate surface area is 122 Å². The summed E-state index contributed by atoms with van der Waals surface area (Å²) in [7, 11) is 1.67. The summed E-state index contributed by atoms with van der Waals surface area (Å²) in [6.45, 7) is 6.78. The summed E-state index contributed by atoms with van der Waals surface area (Å²) >= 11 is 0. The third kappa shape index (κ3) is 3.53. The second-order valence-electron chi connectivity index (χ2n) is 6.69. The summed E-state index contributed by atoms with van der Waals surface area (Å²) in [5.41, 5.74) is 3.49. The fraction of sp³-hybridized carbons (Fsp3) is 0.588. The van der Waals surface area contributed by atoms with E-state index in [4.69, 9.17) is 0 Å². The van der Waals surface area contributed by atoms with Gasteiger partial charge in [-0.1, -0.05) is 19.9 Å². The van der Waals surface area contributed by atoms with E-state index in [2.05, 4.69) is 31.4 Å². The third-order valence-corrected chi connectivity index (χ3v) is 4.43. The minimum Gasteiger partial charge on any atom is -0.382 e. The van der Waals surface area contributed by atoms with E-state index >= 15 is 0 Å². The van der Waals surface area contributed by atoms with E-state index in [1.54, 1.807) is 7.05 Å². The molecule has 3 heteroatoms. The molecule has 1 aliphatic carbocycles. The van der Waals surface area contributed by atoms with Crippen molar-refractivity contribution in [2.24, 2.45) is 5.41 Å². The van der Waals surface area contributed by atoms with Crippen LogP contribution in [0.4, 0.5) is 5.69 Å². The molecule has 0 aromatic heterocycles. The van der Waals surface area contributed by atoms with Gasteiger partial charge in [0.25, 0.3) is 5.91 Å². The second-order valence-corrected chi connectivity index (χ2v) is 6.69. The van der Waals surface area contributed by atoms with Crippen molar-refractivity contribution in [3.63, 3.8) is 0 Å². The molecule has 0 aliphatic heterocycles. The largest absolute Gasteiger partial charge is 0.382 e. The standard InChI is InChI=1S/C17H26N2O/c1-12-5-6-13(16(20)18-4)11-15(12)19-14-7-9-17(2,3)10-8-14/h5-6,11,14,19H,7-10H2,1-4H3,(H,18,20). The zero-order valence-corrected chi connectivity index (χ0v) is 13.0. The first-order valence-electron chi connectivity index (χ1n) is 7.50. The number of amides is 1. The van der Waals surface area contributed by atoms with E-state index in [1.807, 2.05) is 18.2 Å². The van der Waals surface area contributed by atoms with Gasteiger partial charge in [-0.25, -0.2) is 0 Å². The fourth-order valence-corrected chi connectivity index (χ4v) is 2.83. The quantitative estimate of drug-likeness (QED) is 0.881. The number of carbonyl (C=O) groups is 1. The molecule has 0 radical (unpaired) electrons. The Morgan fingerprint density at radius 1 is 1.25 bits per heavy atom. The van der Waals surface area contributed by atoms with Crippen LogP contribution < -0.4 is 10.6 Å². The molecule has 1 fully saturated rings. The highest BCUT2D eigenvalue weighted by Gasteiger charge is 2.26. The number of hydrogen-bond donors (Lipinski definition) is 2. The molecule has 0 bridgehead atoms. The van der Waals surface area contributed by atoms with Gasteiger partial charge in [0.05, 0.1) is 0 Å². The summed E-state index contributed by atoms with van der Waals surface area (Å²) in [5.74, 6) is -0.0298. The van der Waals surface area contributed by atoms with Gasteiger partial charge in [0.1, 0.15) is 0 Å². The first kappa shape index (κ1) is 14.9. The zero-order valence-electron chi connectivity index (χ0n) is 13.0. The summed E-state index contributed by atoms with van der Waals surface area (Å²) in [6, 6.07) is 6.39. The molecule has 0 unspecified atom stereocenters. The summed E-state index contributed by atoms with van der Waals surface area (Å²) < 4.78 is 0. The van der Waals surface area contributed by atoms with E-state index in [-0.39, 0.29) is 5.91 Å². The lowest BCUT2D eigenvalue weighted by Crippen LogP contribution is -2.30. The highest BCUT2D eigenvalue weighted by atomic mass is 16.1. The molecule has 0 saturated heterocycles. The van der Waals surface area contributed by atoms with Crippen LogP contribution in [0.25, 0.3) is 0 Å². The van der Waals surface area contributed by atoms with E-state index in [9.17, 15) is 4.79 Å². The third-order valence-electron chi connectivity index (χ3n) is 4.43. The predicted octanol–water partition coefficient (Wildman–Crippen LogP) is 3.74. The molecule has 0 heterocycles. The van der Waals surface area contributed by atoms with Gasteiger partial charge in [0, 0.05) is 24.3 Å². The molecule has 20 heavy (non-hydrogen) atoms. The highest BCUT2D eigenvalue weighted by Crippen LogP contribution is 2.36. The van der Waals surface area contributed by atoms with Crippen LogP contribution in [0.5, 0.6) is 0 Å². The Bertz CT molecular complexity index is 484. The van der Waals surface area contributed by atoms with E-state index in [1.165, 1.54) is 31.2 Å². The maximum atomic E-state index is 11.7. The Balaban J connectivity index is 2.07. The number of benzene rings is 1. The van der Waals surface area contributed by atoms with Gasteiger partial charge in [0.2, 0.25) is 0 Å². The number of hydrogen-bond acceptors (Lipinski definition) is 2. The molecule has 0 atom stereocenters. The Kier molecular flexibility index (Phi) is 4.36. The smallest absolute Gasteiger partial charge is 0.251 e. The number of rotatable bonds is 3. The number of carbonyl (C=O) groups excluding carboxylic acids is 1. The van der Waals surface area contributed by atoms with Crippen molar-refractivity contribution in [2.75, 3.05) is 12.4 Å². The highest BCUT2D eigenvalue weighted by molar-refractivity contribution is 5.95. The van der Waals surface area contributed by atoms with E-state index in [0.29, 0.717) is 11.5 Å². The van der Waals surface area contributed by atoms with Crippen LogP contribution in [-0.2, 0) is 0 Å². The van der Waals surface area contributed by atoms with Crippen LogP contribution >= 0.6 is 0 Å². The molecule has 1 aromatic carbocycles. The molecule has 2 rings (SSSR count). The molecule has 1 aromatic rings. The monoisotopic (exact) mass is 274 g/mol. The van der Waals surface area contributed by atoms with Crippen LogP contribution in [0.2, 0.25) is 0 Å². The minimum absolute atomic E-state index is 0.0298. The van der Waals surface area contributed by atoms with Crippen LogP contribution in [0, 0.1) is 12.3 Å². The maximum Gasteiger partial charge on any atom is 0.251 e. The van der Waals surface area contributed by atoms with Crippen molar-refractivity contribution >= 4 is 11.6 Å². The molecule has 1 aliphatic rings. The molecule has 2 N–H and O–H groups in total. The molecular formula is C17H26N2O. The normalized spacial score (nSPS) is 18.6.